The van der Waals surface area contributed by atoms with Crippen molar-refractivity contribution >= 4 is 5.69 Å². The number of nitrogens with one attached hydrogen (secondary N) is 1. The molecule has 0 spiro atoms. The molecule has 0 amide bonds. The molecule has 0 unspecified atom stereocenters. The highest BCUT2D eigenvalue weighted by atomic mass is 16.6. The molecule has 6 nitrogen and oxygen atoms in total. The summed E-state index contributed by atoms with van der Waals surface area (Å²) in [6, 6.07) is 18.4. The van der Waals surface area contributed by atoms with Crippen LogP contribution in [0, 0.1) is 17.0 Å². The van der Waals surface area contributed by atoms with Crippen LogP contribution in [-0.2, 0) is 0 Å². The molecule has 2 heterocycles. The van der Waals surface area contributed by atoms with Crippen LogP contribution in [-0.4, -0.2) is 19.9 Å². The minimum atomic E-state index is -0.410. The van der Waals surface area contributed by atoms with Crippen LogP contribution >= 0.6 is 0 Å². The Morgan fingerprint density at radius 1 is 0.926 bits per heavy atom. The second-order valence-electron chi connectivity index (χ2n) is 6.22. The van der Waals surface area contributed by atoms with E-state index in [-0.39, 0.29) is 5.69 Å². The number of hydrogen-bond donors (Lipinski definition) is 1. The molecule has 0 aliphatic carbocycles. The zero-order valence-corrected chi connectivity index (χ0v) is 14.6. The minimum Gasteiger partial charge on any atom is -0.337 e. The predicted octanol–water partition coefficient (Wildman–Crippen LogP) is 5.02. The first kappa shape index (κ1) is 16.7. The van der Waals surface area contributed by atoms with Crippen LogP contribution in [0.2, 0.25) is 0 Å². The Morgan fingerprint density at radius 3 is 2.33 bits per heavy atom. The third-order valence-electron chi connectivity index (χ3n) is 4.32. The molecule has 0 saturated carbocycles. The van der Waals surface area contributed by atoms with Gasteiger partial charge < -0.3 is 4.98 Å². The summed E-state index contributed by atoms with van der Waals surface area (Å²) in [7, 11) is 0. The molecule has 0 bridgehead atoms. The van der Waals surface area contributed by atoms with Crippen molar-refractivity contribution in [1.82, 2.24) is 15.0 Å². The molecular formula is C21H16N4O2. The van der Waals surface area contributed by atoms with Crippen molar-refractivity contribution in [3.05, 3.63) is 88.7 Å². The number of nitro benzene ring substituents is 1. The fraction of sp³-hybridized carbons (Fsp3) is 0.0476. The van der Waals surface area contributed by atoms with Gasteiger partial charge in [-0.25, -0.2) is 4.98 Å². The number of pyridine rings is 1. The molecule has 2 aromatic heterocycles. The van der Waals surface area contributed by atoms with E-state index in [9.17, 15) is 10.1 Å². The Bertz CT molecular complexity index is 1100. The second-order valence-corrected chi connectivity index (χ2v) is 6.22. The van der Waals surface area contributed by atoms with Crippen LogP contribution in [0.5, 0.6) is 0 Å². The van der Waals surface area contributed by atoms with Crippen molar-refractivity contribution in [3.8, 4) is 33.9 Å². The summed E-state index contributed by atoms with van der Waals surface area (Å²) in [5.74, 6) is 0.660. The fourth-order valence-corrected chi connectivity index (χ4v) is 2.98. The molecule has 4 aromatic rings. The van der Waals surface area contributed by atoms with Gasteiger partial charge in [-0.2, -0.15) is 0 Å². The van der Waals surface area contributed by atoms with Crippen LogP contribution in [0.25, 0.3) is 33.9 Å². The van der Waals surface area contributed by atoms with E-state index in [1.807, 2.05) is 37.3 Å². The first-order chi connectivity index (χ1) is 13.1. The lowest BCUT2D eigenvalue weighted by Gasteiger charge is -2.03. The Kier molecular flexibility index (Phi) is 4.22. The number of nitrogens with zero attached hydrogens (tertiary/aromatic N) is 3. The quantitative estimate of drug-likeness (QED) is 0.411. The van der Waals surface area contributed by atoms with Gasteiger partial charge in [-0.3, -0.25) is 15.1 Å². The van der Waals surface area contributed by atoms with E-state index in [1.165, 1.54) is 12.1 Å². The second kappa shape index (κ2) is 6.84. The maximum Gasteiger partial charge on any atom is 0.269 e. The number of rotatable bonds is 4. The summed E-state index contributed by atoms with van der Waals surface area (Å²) in [6.45, 7) is 2.04. The smallest absolute Gasteiger partial charge is 0.269 e. The highest BCUT2D eigenvalue weighted by molar-refractivity contribution is 5.81. The number of nitro groups is 1. The maximum atomic E-state index is 10.9. The van der Waals surface area contributed by atoms with Crippen molar-refractivity contribution in [2.75, 3.05) is 0 Å². The third kappa shape index (κ3) is 3.32. The number of imidazole rings is 1. The van der Waals surface area contributed by atoms with Gasteiger partial charge in [-0.1, -0.05) is 23.8 Å². The average molecular weight is 356 g/mol. The average Bonchev–Trinajstić information content (AvgIpc) is 3.14. The Balaban J connectivity index is 1.86. The van der Waals surface area contributed by atoms with Crippen molar-refractivity contribution in [1.29, 1.82) is 0 Å². The molecule has 4 rings (SSSR count). The van der Waals surface area contributed by atoms with Gasteiger partial charge in [0, 0.05) is 41.2 Å². The minimum absolute atomic E-state index is 0.0542. The molecule has 0 saturated heterocycles. The largest absolute Gasteiger partial charge is 0.337 e. The highest BCUT2D eigenvalue weighted by Gasteiger charge is 2.16. The molecular weight excluding hydrogens is 340 g/mol. The van der Waals surface area contributed by atoms with Gasteiger partial charge >= 0.3 is 0 Å². The van der Waals surface area contributed by atoms with Gasteiger partial charge in [-0.15, -0.1) is 0 Å². The Labute approximate surface area is 155 Å². The van der Waals surface area contributed by atoms with Gasteiger partial charge in [0.25, 0.3) is 5.69 Å². The molecule has 0 radical (unpaired) electrons. The van der Waals surface area contributed by atoms with E-state index >= 15 is 0 Å². The van der Waals surface area contributed by atoms with E-state index in [0.29, 0.717) is 5.82 Å². The van der Waals surface area contributed by atoms with Crippen LogP contribution in [0.4, 0.5) is 5.69 Å². The highest BCUT2D eigenvalue weighted by Crippen LogP contribution is 2.33. The number of aromatic amines is 1. The van der Waals surface area contributed by atoms with Crippen molar-refractivity contribution in [2.24, 2.45) is 0 Å². The summed E-state index contributed by atoms with van der Waals surface area (Å²) in [5, 5.41) is 10.9. The number of H-pyrrole nitrogens is 1. The Hall–Kier alpha value is -3.80. The van der Waals surface area contributed by atoms with E-state index in [2.05, 4.69) is 16.0 Å². The zero-order chi connectivity index (χ0) is 18.8. The summed E-state index contributed by atoms with van der Waals surface area (Å²) in [4.78, 5) is 22.7. The molecule has 0 aliphatic rings. The summed E-state index contributed by atoms with van der Waals surface area (Å²) in [5.41, 5.74) is 5.68. The Morgan fingerprint density at radius 2 is 1.67 bits per heavy atom. The lowest BCUT2D eigenvalue weighted by Crippen LogP contribution is -1.88. The van der Waals surface area contributed by atoms with Crippen molar-refractivity contribution in [2.45, 2.75) is 6.92 Å². The van der Waals surface area contributed by atoms with Gasteiger partial charge in [-0.05, 0) is 37.3 Å². The van der Waals surface area contributed by atoms with Crippen LogP contribution in [0.3, 0.4) is 0 Å². The van der Waals surface area contributed by atoms with Crippen LogP contribution in [0.15, 0.2) is 73.1 Å². The molecule has 1 N–H and O–H groups in total. The molecule has 27 heavy (non-hydrogen) atoms. The molecule has 132 valence electrons. The van der Waals surface area contributed by atoms with E-state index in [1.54, 1.807) is 24.5 Å². The lowest BCUT2D eigenvalue weighted by atomic mass is 10.0. The topological polar surface area (TPSA) is 84.7 Å². The van der Waals surface area contributed by atoms with Crippen molar-refractivity contribution < 1.29 is 4.92 Å². The molecule has 0 aliphatic heterocycles. The van der Waals surface area contributed by atoms with Gasteiger partial charge in [0.15, 0.2) is 0 Å². The van der Waals surface area contributed by atoms with Crippen LogP contribution in [0.1, 0.15) is 5.56 Å². The van der Waals surface area contributed by atoms with E-state index in [0.717, 1.165) is 33.6 Å². The monoisotopic (exact) mass is 356 g/mol. The summed E-state index contributed by atoms with van der Waals surface area (Å²) < 4.78 is 0. The maximum absolute atomic E-state index is 10.9. The normalized spacial score (nSPS) is 10.7. The van der Waals surface area contributed by atoms with Gasteiger partial charge in [0.1, 0.15) is 5.82 Å². The SMILES string of the molecule is Cc1cccc(-c2nc(-c3ccc([N+](=O)[O-])cc3)[nH]c2-c2ccncc2)c1. The molecule has 6 heteroatoms. The fourth-order valence-electron chi connectivity index (χ4n) is 2.98. The first-order valence-electron chi connectivity index (χ1n) is 8.44. The predicted molar refractivity (Wildman–Crippen MR) is 104 cm³/mol. The lowest BCUT2D eigenvalue weighted by molar-refractivity contribution is -0.384. The van der Waals surface area contributed by atoms with E-state index in [4.69, 9.17) is 4.98 Å². The third-order valence-corrected chi connectivity index (χ3v) is 4.32. The molecule has 0 fully saturated rings. The molecule has 2 aromatic carbocycles. The van der Waals surface area contributed by atoms with Crippen LogP contribution < -0.4 is 0 Å². The number of aryl methyl sites for hydroxylation is 1. The standard InChI is InChI=1S/C21H16N4O2/c1-14-3-2-4-17(13-14)20-19(15-9-11-22-12-10-15)23-21(24-20)16-5-7-18(8-6-16)25(26)27/h2-13H,1H3,(H,23,24). The number of non-ortho nitro benzene ring substituents is 1. The van der Waals surface area contributed by atoms with Gasteiger partial charge in [0.2, 0.25) is 0 Å². The van der Waals surface area contributed by atoms with Gasteiger partial charge in [0.05, 0.1) is 16.3 Å². The number of benzene rings is 2. The summed E-state index contributed by atoms with van der Waals surface area (Å²) >= 11 is 0. The van der Waals surface area contributed by atoms with E-state index < -0.39 is 4.92 Å². The first-order valence-corrected chi connectivity index (χ1v) is 8.44. The molecule has 0 atom stereocenters. The zero-order valence-electron chi connectivity index (χ0n) is 14.6. The van der Waals surface area contributed by atoms with Crippen molar-refractivity contribution in [3.63, 3.8) is 0 Å². The summed E-state index contributed by atoms with van der Waals surface area (Å²) in [6.07, 6.45) is 3.48. The number of hydrogen-bond acceptors (Lipinski definition) is 4. The number of aromatic nitrogens is 3.